The summed E-state index contributed by atoms with van der Waals surface area (Å²) in [7, 11) is 0. The molecule has 0 spiro atoms. The van der Waals surface area contributed by atoms with Crippen molar-refractivity contribution >= 4 is 24.2 Å². The van der Waals surface area contributed by atoms with E-state index in [1.165, 1.54) is 6.07 Å². The minimum Gasteiger partial charge on any atom is -0.347 e. The minimum absolute atomic E-state index is 0. The Hall–Kier alpha value is -1.73. The van der Waals surface area contributed by atoms with Crippen molar-refractivity contribution in [2.24, 2.45) is 17.1 Å². The van der Waals surface area contributed by atoms with E-state index in [2.05, 4.69) is 10.6 Å². The molecule has 0 fully saturated rings. The van der Waals surface area contributed by atoms with Crippen LogP contribution in [0.5, 0.6) is 0 Å². The van der Waals surface area contributed by atoms with Gasteiger partial charge in [0.25, 0.3) is 0 Å². The standard InChI is InChI=1S/C18H27F2N3O2.ClH/c1-10(2)15(21)17(25)22-9-14(24)23-16(18(3,4)5)12-7-6-11(19)8-13(12)20;/h6-8,10,15-16H,9,21H2,1-5H3,(H,22,25)(H,23,24);1H/t15-,16?;/m0./s1. The van der Waals surface area contributed by atoms with Crippen molar-refractivity contribution in [2.75, 3.05) is 6.54 Å². The molecule has 1 unspecified atom stereocenters. The third kappa shape index (κ3) is 6.88. The molecule has 0 saturated heterocycles. The van der Waals surface area contributed by atoms with Gasteiger partial charge in [-0.1, -0.05) is 40.7 Å². The van der Waals surface area contributed by atoms with E-state index in [4.69, 9.17) is 5.73 Å². The van der Waals surface area contributed by atoms with Gasteiger partial charge in [0.05, 0.1) is 18.6 Å². The van der Waals surface area contributed by atoms with Gasteiger partial charge in [0, 0.05) is 11.6 Å². The number of nitrogens with two attached hydrogens (primary N) is 1. The van der Waals surface area contributed by atoms with Crippen LogP contribution in [0.2, 0.25) is 0 Å². The number of carbonyl (C=O) groups is 2. The molecule has 1 rings (SSSR count). The van der Waals surface area contributed by atoms with Gasteiger partial charge in [-0.25, -0.2) is 8.78 Å². The maximum atomic E-state index is 14.1. The predicted octanol–water partition coefficient (Wildman–Crippen LogP) is 2.69. The van der Waals surface area contributed by atoms with E-state index < -0.39 is 40.9 Å². The van der Waals surface area contributed by atoms with Gasteiger partial charge in [-0.05, 0) is 17.4 Å². The molecule has 5 nitrogen and oxygen atoms in total. The highest BCUT2D eigenvalue weighted by molar-refractivity contribution is 5.87. The van der Waals surface area contributed by atoms with E-state index in [-0.39, 0.29) is 30.4 Å². The van der Waals surface area contributed by atoms with Crippen LogP contribution in [0.15, 0.2) is 18.2 Å². The number of halogens is 3. The summed E-state index contributed by atoms with van der Waals surface area (Å²) in [4.78, 5) is 24.0. The second-order valence-corrected chi connectivity index (χ2v) is 7.52. The van der Waals surface area contributed by atoms with Crippen molar-refractivity contribution in [1.29, 1.82) is 0 Å². The normalized spacial score (nSPS) is 13.6. The van der Waals surface area contributed by atoms with Gasteiger partial charge in [0.2, 0.25) is 11.8 Å². The molecule has 0 heterocycles. The Kier molecular flexibility index (Phi) is 9.17. The molecule has 0 aliphatic carbocycles. The molecule has 148 valence electrons. The molecule has 1 aromatic carbocycles. The zero-order valence-corrected chi connectivity index (χ0v) is 16.5. The number of benzene rings is 1. The van der Waals surface area contributed by atoms with Gasteiger partial charge in [0.1, 0.15) is 11.6 Å². The van der Waals surface area contributed by atoms with Gasteiger partial charge in [0.15, 0.2) is 0 Å². The van der Waals surface area contributed by atoms with Gasteiger partial charge in [-0.3, -0.25) is 9.59 Å². The Balaban J connectivity index is 0.00000625. The number of nitrogens with one attached hydrogen (secondary N) is 2. The first kappa shape index (κ1) is 24.3. The topological polar surface area (TPSA) is 84.2 Å². The fourth-order valence-corrected chi connectivity index (χ4v) is 2.30. The van der Waals surface area contributed by atoms with E-state index in [9.17, 15) is 18.4 Å². The van der Waals surface area contributed by atoms with Crippen LogP contribution < -0.4 is 16.4 Å². The first-order valence-electron chi connectivity index (χ1n) is 8.21. The molecule has 4 N–H and O–H groups in total. The molecule has 0 bridgehead atoms. The van der Waals surface area contributed by atoms with E-state index in [1.807, 2.05) is 20.8 Å². The summed E-state index contributed by atoms with van der Waals surface area (Å²) in [5.74, 6) is -2.38. The lowest BCUT2D eigenvalue weighted by atomic mass is 9.82. The Morgan fingerprint density at radius 3 is 2.23 bits per heavy atom. The van der Waals surface area contributed by atoms with Crippen LogP contribution in [0.4, 0.5) is 8.78 Å². The highest BCUT2D eigenvalue weighted by Gasteiger charge is 2.30. The molecule has 0 radical (unpaired) electrons. The molecule has 2 atom stereocenters. The van der Waals surface area contributed by atoms with Gasteiger partial charge in [-0.2, -0.15) is 0 Å². The molecule has 1 aromatic rings. The second kappa shape index (κ2) is 9.83. The fraction of sp³-hybridized carbons (Fsp3) is 0.556. The van der Waals surface area contributed by atoms with Crippen molar-refractivity contribution in [3.05, 3.63) is 35.4 Å². The molecule has 0 aromatic heterocycles. The molecular weight excluding hydrogens is 364 g/mol. The monoisotopic (exact) mass is 391 g/mol. The third-order valence-corrected chi connectivity index (χ3v) is 3.89. The lowest BCUT2D eigenvalue weighted by Crippen LogP contribution is -2.48. The Labute approximate surface area is 159 Å². The summed E-state index contributed by atoms with van der Waals surface area (Å²) in [5.41, 5.74) is 5.38. The van der Waals surface area contributed by atoms with Gasteiger partial charge >= 0.3 is 0 Å². The van der Waals surface area contributed by atoms with Gasteiger partial charge in [-0.15, -0.1) is 12.4 Å². The summed E-state index contributed by atoms with van der Waals surface area (Å²) in [6, 6.07) is 1.85. The lowest BCUT2D eigenvalue weighted by Gasteiger charge is -2.32. The second-order valence-electron chi connectivity index (χ2n) is 7.52. The maximum absolute atomic E-state index is 14.1. The molecule has 0 aliphatic heterocycles. The maximum Gasteiger partial charge on any atom is 0.239 e. The predicted molar refractivity (Wildman–Crippen MR) is 99.8 cm³/mol. The van der Waals surface area contributed by atoms with E-state index in [0.717, 1.165) is 12.1 Å². The molecule has 26 heavy (non-hydrogen) atoms. The zero-order chi connectivity index (χ0) is 19.4. The Bertz CT molecular complexity index is 633. The molecule has 0 saturated carbocycles. The number of rotatable bonds is 6. The van der Waals surface area contributed by atoms with Gasteiger partial charge < -0.3 is 16.4 Å². The Morgan fingerprint density at radius 2 is 1.77 bits per heavy atom. The lowest BCUT2D eigenvalue weighted by molar-refractivity contribution is -0.128. The summed E-state index contributed by atoms with van der Waals surface area (Å²) in [6.07, 6.45) is 0. The number of hydrogen-bond acceptors (Lipinski definition) is 3. The van der Waals surface area contributed by atoms with Crippen molar-refractivity contribution in [2.45, 2.75) is 46.7 Å². The van der Waals surface area contributed by atoms with E-state index >= 15 is 0 Å². The number of amides is 2. The van der Waals surface area contributed by atoms with Crippen LogP contribution in [-0.4, -0.2) is 24.4 Å². The van der Waals surface area contributed by atoms with Crippen LogP contribution in [0, 0.1) is 23.0 Å². The van der Waals surface area contributed by atoms with Crippen molar-refractivity contribution < 1.29 is 18.4 Å². The quantitative estimate of drug-likeness (QED) is 0.697. The third-order valence-electron chi connectivity index (χ3n) is 3.89. The molecular formula is C18H28ClF2N3O2. The Morgan fingerprint density at radius 1 is 1.19 bits per heavy atom. The average molecular weight is 392 g/mol. The molecule has 2 amide bonds. The summed E-state index contributed by atoms with van der Waals surface area (Å²) in [5, 5.41) is 5.17. The minimum atomic E-state index is -0.730. The van der Waals surface area contributed by atoms with Crippen LogP contribution in [0.1, 0.15) is 46.2 Å². The zero-order valence-electron chi connectivity index (χ0n) is 15.7. The number of carbonyl (C=O) groups excluding carboxylic acids is 2. The highest BCUT2D eigenvalue weighted by atomic mass is 35.5. The highest BCUT2D eigenvalue weighted by Crippen LogP contribution is 2.34. The van der Waals surface area contributed by atoms with E-state index in [0.29, 0.717) is 0 Å². The van der Waals surface area contributed by atoms with E-state index in [1.54, 1.807) is 13.8 Å². The van der Waals surface area contributed by atoms with Crippen LogP contribution in [0.25, 0.3) is 0 Å². The van der Waals surface area contributed by atoms with Crippen molar-refractivity contribution in [1.82, 2.24) is 10.6 Å². The summed E-state index contributed by atoms with van der Waals surface area (Å²) < 4.78 is 27.2. The first-order chi connectivity index (χ1) is 11.4. The average Bonchev–Trinajstić information content (AvgIpc) is 2.49. The summed E-state index contributed by atoms with van der Waals surface area (Å²) >= 11 is 0. The van der Waals surface area contributed by atoms with Crippen LogP contribution >= 0.6 is 12.4 Å². The molecule has 0 aliphatic rings. The first-order valence-corrected chi connectivity index (χ1v) is 8.21. The largest absolute Gasteiger partial charge is 0.347 e. The van der Waals surface area contributed by atoms with Crippen molar-refractivity contribution in [3.63, 3.8) is 0 Å². The van der Waals surface area contributed by atoms with Crippen LogP contribution in [0.3, 0.4) is 0 Å². The fourth-order valence-electron chi connectivity index (χ4n) is 2.30. The SMILES string of the molecule is CC(C)[C@H](N)C(=O)NCC(=O)NC(c1ccc(F)cc1F)C(C)(C)C.Cl. The van der Waals surface area contributed by atoms with Crippen molar-refractivity contribution in [3.8, 4) is 0 Å². The summed E-state index contributed by atoms with van der Waals surface area (Å²) in [6.45, 7) is 8.82. The molecule has 8 heteroatoms. The smallest absolute Gasteiger partial charge is 0.239 e. The number of hydrogen-bond donors (Lipinski definition) is 3. The van der Waals surface area contributed by atoms with Crippen LogP contribution in [-0.2, 0) is 9.59 Å².